The summed E-state index contributed by atoms with van der Waals surface area (Å²) in [4.78, 5) is 8.38. The first-order valence-electron chi connectivity index (χ1n) is 6.09. The van der Waals surface area contributed by atoms with Crippen molar-refractivity contribution in [2.75, 3.05) is 5.32 Å². The molecule has 0 saturated heterocycles. The number of rotatable bonds is 3. The number of aryl methyl sites for hydroxylation is 1. The van der Waals surface area contributed by atoms with Gasteiger partial charge in [0.15, 0.2) is 5.82 Å². The number of anilines is 1. The Bertz CT molecular complexity index is 803. The molecule has 98 valence electrons. The second kappa shape index (κ2) is 4.97. The van der Waals surface area contributed by atoms with Crippen molar-refractivity contribution in [3.63, 3.8) is 0 Å². The van der Waals surface area contributed by atoms with Crippen molar-refractivity contribution >= 4 is 16.6 Å². The molecule has 0 aliphatic heterocycles. The van der Waals surface area contributed by atoms with E-state index >= 15 is 0 Å². The molecule has 0 fully saturated rings. The topological polar surface area (TPSA) is 87.6 Å². The summed E-state index contributed by atoms with van der Waals surface area (Å²) in [5.74, 6) is 1.06. The normalized spacial score (nSPS) is 10.4. The summed E-state index contributed by atoms with van der Waals surface area (Å²) in [5.41, 5.74) is 2.05. The first-order valence-corrected chi connectivity index (χ1v) is 6.09. The summed E-state index contributed by atoms with van der Waals surface area (Å²) < 4.78 is 5.05. The molecule has 1 N–H and O–H groups in total. The molecule has 0 aliphatic carbocycles. The Morgan fingerprint density at radius 3 is 2.95 bits per heavy atom. The molecule has 2 aromatic heterocycles. The lowest BCUT2D eigenvalue weighted by molar-refractivity contribution is 0.379. The summed E-state index contributed by atoms with van der Waals surface area (Å²) in [7, 11) is 0. The van der Waals surface area contributed by atoms with E-state index < -0.39 is 0 Å². The molecule has 20 heavy (non-hydrogen) atoms. The van der Waals surface area contributed by atoms with E-state index in [1.807, 2.05) is 24.3 Å². The van der Waals surface area contributed by atoms with Crippen molar-refractivity contribution in [3.05, 3.63) is 47.7 Å². The fourth-order valence-corrected chi connectivity index (χ4v) is 1.99. The molecule has 6 nitrogen and oxygen atoms in total. The van der Waals surface area contributed by atoms with E-state index in [-0.39, 0.29) is 0 Å². The number of para-hydroxylation sites is 1. The van der Waals surface area contributed by atoms with Gasteiger partial charge in [0.25, 0.3) is 0 Å². The quantitative estimate of drug-likeness (QED) is 0.782. The highest BCUT2D eigenvalue weighted by Gasteiger charge is 2.10. The minimum absolute atomic E-state index is 0.365. The zero-order valence-electron chi connectivity index (χ0n) is 10.8. The predicted molar refractivity (Wildman–Crippen MR) is 72.8 cm³/mol. The molecule has 0 saturated carbocycles. The van der Waals surface area contributed by atoms with E-state index in [0.29, 0.717) is 23.8 Å². The van der Waals surface area contributed by atoms with Crippen molar-refractivity contribution < 1.29 is 4.52 Å². The summed E-state index contributed by atoms with van der Waals surface area (Å²) in [6, 6.07) is 9.78. The number of fused-ring (bicyclic) bond motifs is 1. The molecule has 2 heterocycles. The zero-order chi connectivity index (χ0) is 13.9. The van der Waals surface area contributed by atoms with Gasteiger partial charge in [0.1, 0.15) is 6.07 Å². The number of hydrogen-bond acceptors (Lipinski definition) is 6. The van der Waals surface area contributed by atoms with E-state index in [9.17, 15) is 5.26 Å². The van der Waals surface area contributed by atoms with Crippen LogP contribution in [0.15, 0.2) is 35.0 Å². The monoisotopic (exact) mass is 265 g/mol. The standard InChI is InChI=1S/C14H11N5O/c1-9-18-13(20-19-9)8-17-14-10(6-15)7-16-12-5-3-2-4-11(12)14/h2-5,7H,8H2,1H3,(H,16,17). The molecule has 0 bridgehead atoms. The lowest BCUT2D eigenvalue weighted by Crippen LogP contribution is -2.03. The van der Waals surface area contributed by atoms with Crippen molar-refractivity contribution in [2.45, 2.75) is 13.5 Å². The Hall–Kier alpha value is -2.94. The predicted octanol–water partition coefficient (Wildman–Crippen LogP) is 2.41. The number of nitrogens with one attached hydrogen (secondary N) is 1. The van der Waals surface area contributed by atoms with Gasteiger partial charge in [-0.2, -0.15) is 10.2 Å². The molecule has 0 unspecified atom stereocenters. The minimum Gasteiger partial charge on any atom is -0.374 e. The molecule has 0 aliphatic rings. The van der Waals surface area contributed by atoms with Gasteiger partial charge in [0.05, 0.1) is 23.3 Å². The van der Waals surface area contributed by atoms with Crippen molar-refractivity contribution in [1.82, 2.24) is 15.1 Å². The van der Waals surface area contributed by atoms with Crippen LogP contribution in [0.3, 0.4) is 0 Å². The molecule has 3 aromatic rings. The zero-order valence-corrected chi connectivity index (χ0v) is 10.8. The molecule has 0 amide bonds. The van der Waals surface area contributed by atoms with Gasteiger partial charge in [0.2, 0.25) is 5.89 Å². The third-order valence-corrected chi connectivity index (χ3v) is 2.88. The van der Waals surface area contributed by atoms with Gasteiger partial charge in [-0.25, -0.2) is 0 Å². The van der Waals surface area contributed by atoms with Crippen LogP contribution in [0.4, 0.5) is 5.69 Å². The Balaban J connectivity index is 1.98. The number of pyridine rings is 1. The number of hydrogen-bond donors (Lipinski definition) is 1. The first-order chi connectivity index (χ1) is 9.78. The molecular weight excluding hydrogens is 254 g/mol. The van der Waals surface area contributed by atoms with Crippen molar-refractivity contribution in [3.8, 4) is 6.07 Å². The lowest BCUT2D eigenvalue weighted by Gasteiger charge is -2.09. The van der Waals surface area contributed by atoms with Gasteiger partial charge >= 0.3 is 0 Å². The Kier molecular flexibility index (Phi) is 3.01. The summed E-state index contributed by atoms with van der Waals surface area (Å²) in [6.07, 6.45) is 1.56. The maximum atomic E-state index is 9.20. The fourth-order valence-electron chi connectivity index (χ4n) is 1.99. The van der Waals surface area contributed by atoms with Gasteiger partial charge in [-0.1, -0.05) is 23.4 Å². The maximum absolute atomic E-state index is 9.20. The van der Waals surface area contributed by atoms with Crippen LogP contribution < -0.4 is 5.32 Å². The van der Waals surface area contributed by atoms with Gasteiger partial charge in [-0.15, -0.1) is 0 Å². The number of nitrogens with zero attached hydrogens (tertiary/aromatic N) is 4. The highest BCUT2D eigenvalue weighted by Crippen LogP contribution is 2.25. The van der Waals surface area contributed by atoms with Crippen LogP contribution in [0.1, 0.15) is 17.3 Å². The van der Waals surface area contributed by atoms with Gasteiger partial charge < -0.3 is 9.84 Å². The van der Waals surface area contributed by atoms with E-state index in [1.165, 1.54) is 0 Å². The third-order valence-electron chi connectivity index (χ3n) is 2.88. The highest BCUT2D eigenvalue weighted by molar-refractivity contribution is 5.93. The second-order valence-electron chi connectivity index (χ2n) is 4.26. The van der Waals surface area contributed by atoms with Crippen LogP contribution in [0.25, 0.3) is 10.9 Å². The van der Waals surface area contributed by atoms with Gasteiger partial charge in [-0.3, -0.25) is 4.98 Å². The number of aromatic nitrogens is 3. The molecule has 0 atom stereocenters. The van der Waals surface area contributed by atoms with Crippen LogP contribution >= 0.6 is 0 Å². The number of nitriles is 1. The van der Waals surface area contributed by atoms with E-state index in [4.69, 9.17) is 4.52 Å². The van der Waals surface area contributed by atoms with E-state index in [0.717, 1.165) is 16.6 Å². The Morgan fingerprint density at radius 1 is 1.35 bits per heavy atom. The molecule has 6 heteroatoms. The van der Waals surface area contributed by atoms with Gasteiger partial charge in [-0.05, 0) is 13.0 Å². The molecule has 0 spiro atoms. The smallest absolute Gasteiger partial charge is 0.245 e. The van der Waals surface area contributed by atoms with Crippen LogP contribution in [0.5, 0.6) is 0 Å². The Morgan fingerprint density at radius 2 is 2.20 bits per heavy atom. The average molecular weight is 265 g/mol. The maximum Gasteiger partial charge on any atom is 0.245 e. The molecule has 0 radical (unpaired) electrons. The number of benzene rings is 1. The summed E-state index contributed by atoms with van der Waals surface area (Å²) in [6.45, 7) is 2.12. The van der Waals surface area contributed by atoms with Gasteiger partial charge in [0, 0.05) is 11.6 Å². The molecule has 1 aromatic carbocycles. The van der Waals surface area contributed by atoms with E-state index in [2.05, 4.69) is 26.5 Å². The first kappa shape index (κ1) is 12.1. The Labute approximate surface area is 115 Å². The average Bonchev–Trinajstić information content (AvgIpc) is 2.90. The van der Waals surface area contributed by atoms with Crippen molar-refractivity contribution in [1.29, 1.82) is 5.26 Å². The fraction of sp³-hybridized carbons (Fsp3) is 0.143. The highest BCUT2D eigenvalue weighted by atomic mass is 16.5. The summed E-state index contributed by atoms with van der Waals surface area (Å²) in [5, 5.41) is 17.0. The van der Waals surface area contributed by atoms with E-state index in [1.54, 1.807) is 13.1 Å². The van der Waals surface area contributed by atoms with Crippen LogP contribution in [0, 0.1) is 18.3 Å². The molecular formula is C14H11N5O. The van der Waals surface area contributed by atoms with Crippen LogP contribution in [-0.2, 0) is 6.54 Å². The SMILES string of the molecule is Cc1noc(CNc2c(C#N)cnc3ccccc23)n1. The summed E-state index contributed by atoms with van der Waals surface area (Å²) >= 11 is 0. The lowest BCUT2D eigenvalue weighted by atomic mass is 10.1. The van der Waals surface area contributed by atoms with Crippen LogP contribution in [0.2, 0.25) is 0 Å². The second-order valence-corrected chi connectivity index (χ2v) is 4.26. The largest absolute Gasteiger partial charge is 0.374 e. The molecule has 3 rings (SSSR count). The van der Waals surface area contributed by atoms with Crippen molar-refractivity contribution in [2.24, 2.45) is 0 Å². The van der Waals surface area contributed by atoms with Crippen LogP contribution in [-0.4, -0.2) is 15.1 Å². The minimum atomic E-state index is 0.365. The third kappa shape index (κ3) is 2.17.